The molecule has 0 radical (unpaired) electrons. The van der Waals surface area contributed by atoms with Crippen LogP contribution in [0.4, 0.5) is 5.69 Å². The van der Waals surface area contributed by atoms with Crippen LogP contribution in [0, 0.1) is 0 Å². The van der Waals surface area contributed by atoms with Crippen molar-refractivity contribution >= 4 is 29.3 Å². The summed E-state index contributed by atoms with van der Waals surface area (Å²) in [6.07, 6.45) is 2.59. The lowest BCUT2D eigenvalue weighted by molar-refractivity contribution is -0.127. The largest absolute Gasteiger partial charge is 0.477 e. The molecule has 2 amide bonds. The fourth-order valence-electron chi connectivity index (χ4n) is 2.59. The summed E-state index contributed by atoms with van der Waals surface area (Å²) in [6, 6.07) is 7.19. The van der Waals surface area contributed by atoms with Gasteiger partial charge in [-0.25, -0.2) is 0 Å². The molecule has 136 valence electrons. The molecule has 3 rings (SSSR count). The van der Waals surface area contributed by atoms with E-state index in [1.165, 1.54) is 11.8 Å². The lowest BCUT2D eigenvalue weighted by atomic mass is 10.2. The van der Waals surface area contributed by atoms with Gasteiger partial charge in [-0.3, -0.25) is 9.59 Å². The average Bonchev–Trinajstić information content (AvgIpc) is 3.12. The predicted molar refractivity (Wildman–Crippen MR) is 98.2 cm³/mol. The van der Waals surface area contributed by atoms with E-state index in [1.54, 1.807) is 42.6 Å². The van der Waals surface area contributed by atoms with E-state index in [0.29, 0.717) is 23.1 Å². The Hall–Kier alpha value is -2.81. The van der Waals surface area contributed by atoms with Crippen LogP contribution in [0.25, 0.3) is 0 Å². The minimum Gasteiger partial charge on any atom is -0.477 e. The van der Waals surface area contributed by atoms with Crippen molar-refractivity contribution in [3.8, 4) is 5.75 Å². The highest BCUT2D eigenvalue weighted by Crippen LogP contribution is 2.33. The first-order chi connectivity index (χ1) is 12.6. The lowest BCUT2D eigenvalue weighted by Gasteiger charge is -2.33. The molecule has 1 aromatic carbocycles. The van der Waals surface area contributed by atoms with E-state index in [2.05, 4.69) is 22.1 Å². The molecular formula is C17H19N5O3S. The Morgan fingerprint density at radius 3 is 3.04 bits per heavy atom. The second-order valence-electron chi connectivity index (χ2n) is 5.54. The van der Waals surface area contributed by atoms with Crippen molar-refractivity contribution in [2.75, 3.05) is 24.2 Å². The van der Waals surface area contributed by atoms with Crippen molar-refractivity contribution in [3.63, 3.8) is 0 Å². The van der Waals surface area contributed by atoms with E-state index in [-0.39, 0.29) is 24.1 Å². The highest BCUT2D eigenvalue weighted by atomic mass is 32.2. The number of para-hydroxylation sites is 2. The summed E-state index contributed by atoms with van der Waals surface area (Å²) in [5.41, 5.74) is 0.658. The number of aromatic nitrogens is 3. The van der Waals surface area contributed by atoms with Crippen LogP contribution >= 0.6 is 11.8 Å². The molecule has 26 heavy (non-hydrogen) atoms. The molecule has 2 heterocycles. The number of likely N-dealkylation sites (N-methyl/N-ethyl adjacent to an activating group) is 1. The van der Waals surface area contributed by atoms with Gasteiger partial charge in [0.15, 0.2) is 11.3 Å². The highest BCUT2D eigenvalue weighted by molar-refractivity contribution is 7.99. The Morgan fingerprint density at radius 2 is 2.27 bits per heavy atom. The molecule has 1 N–H and O–H groups in total. The summed E-state index contributed by atoms with van der Waals surface area (Å²) in [6.45, 7) is 4.42. The number of thioether (sulfide) groups is 1. The number of fused-ring (bicyclic) bond motifs is 1. The molecule has 1 atom stereocenters. The molecule has 0 bridgehead atoms. The number of benzene rings is 1. The van der Waals surface area contributed by atoms with E-state index in [1.807, 2.05) is 10.6 Å². The van der Waals surface area contributed by atoms with Gasteiger partial charge in [0.25, 0.3) is 5.91 Å². The number of anilines is 1. The number of allylic oxidation sites excluding steroid dienone is 1. The van der Waals surface area contributed by atoms with Gasteiger partial charge < -0.3 is 19.5 Å². The third-order valence-electron chi connectivity index (χ3n) is 3.84. The van der Waals surface area contributed by atoms with Crippen LogP contribution in [0.5, 0.6) is 5.75 Å². The third kappa shape index (κ3) is 3.72. The Bertz CT molecular complexity index is 822. The average molecular weight is 373 g/mol. The fraction of sp³-hybridized carbons (Fsp3) is 0.294. The minimum absolute atomic E-state index is 0.132. The first-order valence-electron chi connectivity index (χ1n) is 8.03. The van der Waals surface area contributed by atoms with E-state index in [0.717, 1.165) is 0 Å². The summed E-state index contributed by atoms with van der Waals surface area (Å²) < 4.78 is 7.53. The van der Waals surface area contributed by atoms with Gasteiger partial charge in [0.1, 0.15) is 12.1 Å². The second-order valence-corrected chi connectivity index (χ2v) is 6.48. The normalized spacial score (nSPS) is 15.7. The Labute approximate surface area is 155 Å². The molecule has 0 saturated heterocycles. The summed E-state index contributed by atoms with van der Waals surface area (Å²) in [5, 5.41) is 11.1. The van der Waals surface area contributed by atoms with Gasteiger partial charge >= 0.3 is 0 Å². The van der Waals surface area contributed by atoms with Crippen molar-refractivity contribution < 1.29 is 14.3 Å². The molecule has 9 heteroatoms. The molecule has 0 saturated carbocycles. The zero-order chi connectivity index (χ0) is 18.5. The minimum atomic E-state index is -0.742. The van der Waals surface area contributed by atoms with Gasteiger partial charge in [-0.05, 0) is 12.1 Å². The van der Waals surface area contributed by atoms with Crippen molar-refractivity contribution in [2.45, 2.75) is 17.8 Å². The highest BCUT2D eigenvalue weighted by Gasteiger charge is 2.33. The van der Waals surface area contributed by atoms with Crippen LogP contribution in [-0.4, -0.2) is 52.0 Å². The maximum atomic E-state index is 12.8. The number of nitrogens with zero attached hydrogens (tertiary/aromatic N) is 4. The van der Waals surface area contributed by atoms with Gasteiger partial charge in [0.2, 0.25) is 5.91 Å². The van der Waals surface area contributed by atoms with Crippen molar-refractivity contribution in [3.05, 3.63) is 43.2 Å². The Kier molecular flexibility index (Phi) is 5.57. The Balaban J connectivity index is 1.75. The molecule has 8 nitrogen and oxygen atoms in total. The van der Waals surface area contributed by atoms with Crippen LogP contribution in [0.3, 0.4) is 0 Å². The topological polar surface area (TPSA) is 89.4 Å². The van der Waals surface area contributed by atoms with Gasteiger partial charge in [0, 0.05) is 13.6 Å². The van der Waals surface area contributed by atoms with E-state index < -0.39 is 6.10 Å². The quantitative estimate of drug-likeness (QED) is 0.602. The number of ether oxygens (including phenoxy) is 1. The number of carbonyl (C=O) groups is 2. The van der Waals surface area contributed by atoms with Crippen molar-refractivity contribution in [2.24, 2.45) is 0 Å². The molecule has 0 spiro atoms. The maximum Gasteiger partial charge on any atom is 0.262 e. The van der Waals surface area contributed by atoms with Crippen LogP contribution in [-0.2, 0) is 16.1 Å². The zero-order valence-corrected chi connectivity index (χ0v) is 15.1. The molecule has 1 unspecified atom stereocenters. The van der Waals surface area contributed by atoms with Crippen LogP contribution in [0.1, 0.15) is 0 Å². The molecule has 1 aromatic heterocycles. The molecule has 1 aliphatic rings. The van der Waals surface area contributed by atoms with Crippen LogP contribution in [0.15, 0.2) is 48.4 Å². The monoisotopic (exact) mass is 373 g/mol. The molecule has 0 fully saturated rings. The van der Waals surface area contributed by atoms with E-state index in [4.69, 9.17) is 4.74 Å². The number of hydrogen-bond acceptors (Lipinski definition) is 6. The first-order valence-corrected chi connectivity index (χ1v) is 9.01. The first kappa shape index (κ1) is 18.0. The molecule has 2 aromatic rings. The van der Waals surface area contributed by atoms with Gasteiger partial charge in [-0.1, -0.05) is 30.0 Å². The smallest absolute Gasteiger partial charge is 0.262 e. The SMILES string of the molecule is C=CCn1cnnc1SCC(=O)N1CC(C(=O)NC)Oc2ccccc21. The summed E-state index contributed by atoms with van der Waals surface area (Å²) in [4.78, 5) is 26.4. The molecular weight excluding hydrogens is 354 g/mol. The standard InChI is InChI=1S/C17H19N5O3S/c1-3-8-21-11-19-20-17(21)26-10-15(23)22-9-14(16(24)18-2)25-13-7-5-4-6-12(13)22/h3-7,11,14H,1,8-10H2,2H3,(H,18,24). The number of amides is 2. The number of carbonyl (C=O) groups excluding carboxylic acids is 2. The van der Waals surface area contributed by atoms with E-state index >= 15 is 0 Å². The van der Waals surface area contributed by atoms with Crippen LogP contribution < -0.4 is 15.0 Å². The van der Waals surface area contributed by atoms with Crippen LogP contribution in [0.2, 0.25) is 0 Å². The zero-order valence-electron chi connectivity index (χ0n) is 14.3. The summed E-state index contributed by atoms with van der Waals surface area (Å²) >= 11 is 1.29. The molecule has 1 aliphatic heterocycles. The van der Waals surface area contributed by atoms with Crippen molar-refractivity contribution in [1.82, 2.24) is 20.1 Å². The van der Waals surface area contributed by atoms with Gasteiger partial charge in [-0.2, -0.15) is 0 Å². The summed E-state index contributed by atoms with van der Waals surface area (Å²) in [7, 11) is 1.54. The fourth-order valence-corrected chi connectivity index (χ4v) is 3.39. The predicted octanol–water partition coefficient (Wildman–Crippen LogP) is 1.10. The number of rotatable bonds is 6. The Morgan fingerprint density at radius 1 is 1.46 bits per heavy atom. The van der Waals surface area contributed by atoms with Gasteiger partial charge in [-0.15, -0.1) is 16.8 Å². The van der Waals surface area contributed by atoms with Crippen molar-refractivity contribution in [1.29, 1.82) is 0 Å². The van der Waals surface area contributed by atoms with E-state index in [9.17, 15) is 9.59 Å². The molecule has 0 aliphatic carbocycles. The third-order valence-corrected chi connectivity index (χ3v) is 4.81. The van der Waals surface area contributed by atoms with Gasteiger partial charge in [0.05, 0.1) is 18.0 Å². The second kappa shape index (κ2) is 8.05. The summed E-state index contributed by atoms with van der Waals surface area (Å²) in [5.74, 6) is 0.286. The maximum absolute atomic E-state index is 12.8. The lowest BCUT2D eigenvalue weighted by Crippen LogP contribution is -2.50. The number of nitrogens with one attached hydrogen (secondary N) is 1. The number of hydrogen-bond donors (Lipinski definition) is 1.